The Morgan fingerprint density at radius 2 is 2.00 bits per heavy atom. The average molecular weight is 463 g/mol. The van der Waals surface area contributed by atoms with E-state index in [2.05, 4.69) is 11.1 Å². The lowest BCUT2D eigenvalue weighted by atomic mass is 9.94. The molecular formula is C23H21F3N2OS2. The van der Waals surface area contributed by atoms with Crippen LogP contribution in [0.5, 0.6) is 5.75 Å². The van der Waals surface area contributed by atoms with Gasteiger partial charge in [0.05, 0.1) is 17.9 Å². The van der Waals surface area contributed by atoms with Crippen LogP contribution in [0.25, 0.3) is 10.6 Å². The van der Waals surface area contributed by atoms with Gasteiger partial charge in [0.1, 0.15) is 10.8 Å². The Bertz CT molecular complexity index is 1080. The molecule has 1 atom stereocenters. The first-order chi connectivity index (χ1) is 14.8. The van der Waals surface area contributed by atoms with Crippen molar-refractivity contribution in [3.63, 3.8) is 0 Å². The molecule has 1 unspecified atom stereocenters. The number of hydrogen-bond acceptors (Lipinski definition) is 5. The summed E-state index contributed by atoms with van der Waals surface area (Å²) in [7, 11) is 0. The van der Waals surface area contributed by atoms with Gasteiger partial charge in [0.25, 0.3) is 0 Å². The van der Waals surface area contributed by atoms with E-state index in [-0.39, 0.29) is 0 Å². The molecule has 0 radical (unpaired) electrons. The Kier molecular flexibility index (Phi) is 6.39. The summed E-state index contributed by atoms with van der Waals surface area (Å²) in [5, 5.41) is 8.04. The first-order valence-electron chi connectivity index (χ1n) is 9.85. The molecule has 4 rings (SSSR count). The maximum Gasteiger partial charge on any atom is 0.416 e. The Hall–Kier alpha value is -2.32. The second-order valence-corrected chi connectivity index (χ2v) is 9.61. The fraction of sp³-hybridized carbons (Fsp3) is 0.304. The van der Waals surface area contributed by atoms with E-state index in [0.717, 1.165) is 57.0 Å². The third kappa shape index (κ3) is 5.13. The molecule has 8 heteroatoms. The summed E-state index contributed by atoms with van der Waals surface area (Å²) < 4.78 is 44.2. The highest BCUT2D eigenvalue weighted by atomic mass is 32.2. The van der Waals surface area contributed by atoms with Crippen LogP contribution in [-0.4, -0.2) is 17.8 Å². The zero-order valence-corrected chi connectivity index (χ0v) is 18.5. The van der Waals surface area contributed by atoms with Crippen LogP contribution in [0, 0.1) is 18.3 Å². The summed E-state index contributed by atoms with van der Waals surface area (Å²) in [5.41, 5.74) is 2.12. The predicted octanol–water partition coefficient (Wildman–Crippen LogP) is 7.02. The molecule has 1 aliphatic heterocycles. The molecule has 0 amide bonds. The van der Waals surface area contributed by atoms with Gasteiger partial charge in [0.15, 0.2) is 0 Å². The van der Waals surface area contributed by atoms with E-state index in [1.54, 1.807) is 11.8 Å². The van der Waals surface area contributed by atoms with Crippen molar-refractivity contribution in [2.24, 2.45) is 5.92 Å². The fourth-order valence-corrected chi connectivity index (χ4v) is 5.65. The SMILES string of the molecule is Cc1nc(-c2ccc(C(F)(F)F)cc2)sc1CSc1ccc2c(c1)CC(CC=N)CO2. The van der Waals surface area contributed by atoms with Crippen LogP contribution in [0.1, 0.15) is 28.1 Å². The quantitative estimate of drug-likeness (QED) is 0.316. The van der Waals surface area contributed by atoms with Gasteiger partial charge >= 0.3 is 6.18 Å². The number of benzene rings is 2. The van der Waals surface area contributed by atoms with Crippen molar-refractivity contribution in [3.05, 3.63) is 64.2 Å². The predicted molar refractivity (Wildman–Crippen MR) is 119 cm³/mol. The second-order valence-electron chi connectivity index (χ2n) is 7.48. The highest BCUT2D eigenvalue weighted by Crippen LogP contribution is 2.37. The standard InChI is InChI=1S/C23H21F3N2OS2/c1-14-21(31-22(28-14)16-2-4-18(5-3-16)23(24,25)26)13-30-19-6-7-20-17(11-19)10-15(8-9-27)12-29-20/h2-7,9,11,15,27H,8,10,12-13H2,1H3. The van der Waals surface area contributed by atoms with Crippen LogP contribution in [0.4, 0.5) is 13.2 Å². The number of aromatic nitrogens is 1. The average Bonchev–Trinajstić information content (AvgIpc) is 3.12. The van der Waals surface area contributed by atoms with E-state index in [9.17, 15) is 13.2 Å². The molecule has 1 aliphatic rings. The lowest BCUT2D eigenvalue weighted by molar-refractivity contribution is -0.137. The van der Waals surface area contributed by atoms with E-state index in [1.807, 2.05) is 19.1 Å². The van der Waals surface area contributed by atoms with Crippen LogP contribution in [0.3, 0.4) is 0 Å². The summed E-state index contributed by atoms with van der Waals surface area (Å²) >= 11 is 3.23. The molecule has 0 saturated heterocycles. The number of nitrogens with one attached hydrogen (secondary N) is 1. The van der Waals surface area contributed by atoms with Gasteiger partial charge in [-0.3, -0.25) is 0 Å². The minimum Gasteiger partial charge on any atom is -0.493 e. The van der Waals surface area contributed by atoms with E-state index in [0.29, 0.717) is 18.1 Å². The van der Waals surface area contributed by atoms with Crippen molar-refractivity contribution in [2.75, 3.05) is 6.61 Å². The monoisotopic (exact) mass is 462 g/mol. The normalized spacial score (nSPS) is 15.9. The first kappa shape index (κ1) is 21.9. The minimum atomic E-state index is -4.33. The van der Waals surface area contributed by atoms with Crippen LogP contribution in [0.15, 0.2) is 47.4 Å². The molecule has 2 aromatic carbocycles. The number of nitrogens with zero attached hydrogens (tertiary/aromatic N) is 1. The molecule has 31 heavy (non-hydrogen) atoms. The molecule has 0 bridgehead atoms. The lowest BCUT2D eigenvalue weighted by Gasteiger charge is -2.24. The zero-order chi connectivity index (χ0) is 22.0. The molecule has 2 heterocycles. The molecule has 0 aliphatic carbocycles. The number of alkyl halides is 3. The summed E-state index contributed by atoms with van der Waals surface area (Å²) in [5.74, 6) is 2.01. The highest BCUT2D eigenvalue weighted by Gasteiger charge is 2.30. The summed E-state index contributed by atoms with van der Waals surface area (Å²) in [6, 6.07) is 11.4. The van der Waals surface area contributed by atoms with E-state index in [1.165, 1.54) is 35.2 Å². The Balaban J connectivity index is 1.45. The minimum absolute atomic E-state index is 0.347. The molecule has 1 N–H and O–H groups in total. The second kappa shape index (κ2) is 9.04. The van der Waals surface area contributed by atoms with Crippen molar-refractivity contribution in [1.29, 1.82) is 5.41 Å². The van der Waals surface area contributed by atoms with Gasteiger partial charge < -0.3 is 10.1 Å². The van der Waals surface area contributed by atoms with E-state index < -0.39 is 11.7 Å². The maximum absolute atomic E-state index is 12.8. The highest BCUT2D eigenvalue weighted by molar-refractivity contribution is 7.98. The van der Waals surface area contributed by atoms with Crippen molar-refractivity contribution in [3.8, 4) is 16.3 Å². The van der Waals surface area contributed by atoms with E-state index in [4.69, 9.17) is 10.1 Å². The van der Waals surface area contributed by atoms with Crippen molar-refractivity contribution in [1.82, 2.24) is 4.98 Å². The molecule has 3 aromatic rings. The third-order valence-electron chi connectivity index (χ3n) is 5.19. The summed E-state index contributed by atoms with van der Waals surface area (Å²) in [4.78, 5) is 6.82. The smallest absolute Gasteiger partial charge is 0.416 e. The topological polar surface area (TPSA) is 46.0 Å². The maximum atomic E-state index is 12.8. The zero-order valence-electron chi connectivity index (χ0n) is 16.8. The molecule has 0 fully saturated rings. The Labute approximate surface area is 187 Å². The molecular weight excluding hydrogens is 441 g/mol. The van der Waals surface area contributed by atoms with Crippen molar-refractivity contribution >= 4 is 29.3 Å². The third-order valence-corrected chi connectivity index (χ3v) is 7.60. The van der Waals surface area contributed by atoms with Crippen molar-refractivity contribution < 1.29 is 17.9 Å². The summed E-state index contributed by atoms with van der Waals surface area (Å²) in [6.45, 7) is 2.59. The molecule has 162 valence electrons. The first-order valence-corrected chi connectivity index (χ1v) is 11.6. The van der Waals surface area contributed by atoms with E-state index >= 15 is 0 Å². The molecule has 1 aromatic heterocycles. The van der Waals surface area contributed by atoms with Crippen molar-refractivity contribution in [2.45, 2.75) is 36.6 Å². The number of rotatable bonds is 6. The van der Waals surface area contributed by atoms with Crippen LogP contribution in [-0.2, 0) is 18.3 Å². The van der Waals surface area contributed by atoms with Gasteiger partial charge in [-0.05, 0) is 61.9 Å². The van der Waals surface area contributed by atoms with Gasteiger partial charge in [0, 0.05) is 27.0 Å². The van der Waals surface area contributed by atoms with Gasteiger partial charge in [-0.15, -0.1) is 23.1 Å². The number of fused-ring (bicyclic) bond motifs is 1. The Morgan fingerprint density at radius 3 is 2.71 bits per heavy atom. The number of halogens is 3. The Morgan fingerprint density at radius 1 is 1.23 bits per heavy atom. The van der Waals surface area contributed by atoms with Crippen LogP contribution in [0.2, 0.25) is 0 Å². The fourth-order valence-electron chi connectivity index (χ4n) is 3.48. The number of ether oxygens (including phenoxy) is 1. The van der Waals surface area contributed by atoms with Gasteiger partial charge in [-0.1, -0.05) is 12.1 Å². The van der Waals surface area contributed by atoms with Gasteiger partial charge in [-0.25, -0.2) is 4.98 Å². The molecule has 0 saturated carbocycles. The number of hydrogen-bond donors (Lipinski definition) is 1. The summed E-state index contributed by atoms with van der Waals surface area (Å²) in [6.07, 6.45) is -1.25. The van der Waals surface area contributed by atoms with Gasteiger partial charge in [-0.2, -0.15) is 13.2 Å². The van der Waals surface area contributed by atoms with Crippen LogP contribution >= 0.6 is 23.1 Å². The molecule has 3 nitrogen and oxygen atoms in total. The lowest BCUT2D eigenvalue weighted by Crippen LogP contribution is -2.21. The number of aryl methyl sites for hydroxylation is 1. The number of thioether (sulfide) groups is 1. The number of thiazole rings is 1. The van der Waals surface area contributed by atoms with Crippen LogP contribution < -0.4 is 4.74 Å². The molecule has 0 spiro atoms. The van der Waals surface area contributed by atoms with Gasteiger partial charge in [0.2, 0.25) is 0 Å². The largest absolute Gasteiger partial charge is 0.493 e.